The number of carbonyl (C=O) groups is 6. The van der Waals surface area contributed by atoms with Gasteiger partial charge < -0.3 is 47.4 Å². The van der Waals surface area contributed by atoms with Crippen LogP contribution < -0.4 is 33.6 Å². The van der Waals surface area contributed by atoms with Crippen molar-refractivity contribution < 1.29 is 59.4 Å². The summed E-state index contributed by atoms with van der Waals surface area (Å²) in [6, 6.07) is 5.61. The molecule has 12 N–H and O–H groups in total. The third kappa shape index (κ3) is 9.59. The Labute approximate surface area is 359 Å². The SMILES string of the molecule is CC(=Nc1nc(NCCn2c(O)c(C(N)=O)c(C)c(N=Nc3cc(C(=O)O)ccc3C(=O)O)c2=O)nc(=O)[nH]1)n1c(O)c(C(N)=O)c(C)c(N=Nc2cc(C(=O)O)ccc2C(=O)O)c1=O. The number of rotatable bonds is 15. The number of carboxylic acids is 4. The number of nitrogens with zero attached hydrogens (tertiary/aromatic N) is 9. The number of anilines is 1. The highest BCUT2D eigenvalue weighted by Crippen LogP contribution is 2.31. The molecule has 0 aliphatic rings. The van der Waals surface area contributed by atoms with Crippen LogP contribution in [0.2, 0.25) is 0 Å². The normalized spacial score (nSPS) is 11.5. The minimum atomic E-state index is -1.53. The number of aromatic amines is 1. The number of hydrogen-bond acceptors (Lipinski definition) is 19. The van der Waals surface area contributed by atoms with Gasteiger partial charge in [0, 0.05) is 24.2 Å². The number of aromatic nitrogens is 5. The number of aromatic hydroxyl groups is 2. The molecule has 0 saturated heterocycles. The van der Waals surface area contributed by atoms with Crippen molar-refractivity contribution >= 4 is 76.2 Å². The van der Waals surface area contributed by atoms with Crippen molar-refractivity contribution in [3.05, 3.63) is 112 Å². The Morgan fingerprint density at radius 3 is 1.63 bits per heavy atom. The zero-order valence-corrected chi connectivity index (χ0v) is 33.4. The summed E-state index contributed by atoms with van der Waals surface area (Å²) in [6.07, 6.45) is 0. The van der Waals surface area contributed by atoms with Gasteiger partial charge in [-0.1, -0.05) is 0 Å². The average Bonchev–Trinajstić information content (AvgIpc) is 3.21. The molecule has 0 fully saturated rings. The second-order valence-electron chi connectivity index (χ2n) is 13.1. The first-order valence-corrected chi connectivity index (χ1v) is 17.9. The van der Waals surface area contributed by atoms with Crippen LogP contribution in [0.25, 0.3) is 0 Å². The molecule has 0 saturated carbocycles. The third-order valence-electron chi connectivity index (χ3n) is 9.03. The molecule has 2 aromatic carbocycles. The minimum absolute atomic E-state index is 0.273. The molecule has 5 aromatic rings. The maximum atomic E-state index is 13.8. The Balaban J connectivity index is 1.50. The van der Waals surface area contributed by atoms with Gasteiger partial charge in [-0.25, -0.2) is 28.5 Å². The van der Waals surface area contributed by atoms with E-state index in [2.05, 4.69) is 45.7 Å². The van der Waals surface area contributed by atoms with E-state index in [0.717, 1.165) is 50.2 Å². The van der Waals surface area contributed by atoms with Gasteiger partial charge in [0.25, 0.3) is 22.9 Å². The Bertz CT molecular complexity index is 3180. The van der Waals surface area contributed by atoms with E-state index in [0.29, 0.717) is 9.13 Å². The number of nitrogens with one attached hydrogen (secondary N) is 2. The number of nitrogens with two attached hydrogens (primary N) is 2. The monoisotopic (exact) mass is 897 g/mol. The second kappa shape index (κ2) is 18.5. The number of pyridine rings is 2. The van der Waals surface area contributed by atoms with Crippen LogP contribution in [-0.4, -0.2) is 103 Å². The molecule has 28 nitrogen and oxygen atoms in total. The standard InChI is InChI=1S/C37H31N13O15/c1-12-21(25(38)51)27(53)49(29(55)23(12)47-45-19-10-15(31(57)58)4-6-17(19)33(61)62)9-8-40-35-42-36(44-37(65)43-35)41-14(3)50-28(54)22(26(39)52)13(2)24(30(50)56)48-46-20-11-16(32(59)60)5-7-18(20)34(63)64/h4-7,10-11,53-54H,8-9H2,1-3H3,(H2,38,51)(H2,39,52)(H,57,58)(H,59,60)(H,61,62)(H,63,64)(H2,40,42,43,44,65). The van der Waals surface area contributed by atoms with Gasteiger partial charge >= 0.3 is 29.6 Å². The van der Waals surface area contributed by atoms with Crippen LogP contribution in [0.1, 0.15) is 80.2 Å². The van der Waals surface area contributed by atoms with Gasteiger partial charge in [-0.3, -0.25) is 28.7 Å². The number of azo groups is 2. The summed E-state index contributed by atoms with van der Waals surface area (Å²) in [5, 5.41) is 77.4. The highest BCUT2D eigenvalue weighted by molar-refractivity contribution is 6.01. The zero-order valence-electron chi connectivity index (χ0n) is 33.4. The van der Waals surface area contributed by atoms with E-state index in [4.69, 9.17) is 11.5 Å². The van der Waals surface area contributed by atoms with Crippen molar-refractivity contribution in [3.63, 3.8) is 0 Å². The van der Waals surface area contributed by atoms with E-state index in [1.165, 1.54) is 6.92 Å². The lowest BCUT2D eigenvalue weighted by atomic mass is 10.1. The summed E-state index contributed by atoms with van der Waals surface area (Å²) in [5.74, 6) is -11.9. The molecule has 3 heterocycles. The largest absolute Gasteiger partial charge is 0.494 e. The lowest BCUT2D eigenvalue weighted by Gasteiger charge is -2.15. The van der Waals surface area contributed by atoms with Gasteiger partial charge in [-0.2, -0.15) is 15.0 Å². The first kappa shape index (κ1) is 46.3. The van der Waals surface area contributed by atoms with E-state index in [-0.39, 0.29) is 22.3 Å². The average molecular weight is 898 g/mol. The highest BCUT2D eigenvalue weighted by Gasteiger charge is 2.26. The molecular weight excluding hydrogens is 866 g/mol. The van der Waals surface area contributed by atoms with Crippen LogP contribution >= 0.6 is 0 Å². The Morgan fingerprint density at radius 1 is 0.692 bits per heavy atom. The fraction of sp³-hybridized carbons (Fsp3) is 0.135. The van der Waals surface area contributed by atoms with Gasteiger partial charge in [-0.15, -0.1) is 20.5 Å². The van der Waals surface area contributed by atoms with Crippen molar-refractivity contribution in [2.45, 2.75) is 27.3 Å². The van der Waals surface area contributed by atoms with Crippen LogP contribution in [0.4, 0.5) is 34.6 Å². The third-order valence-corrected chi connectivity index (χ3v) is 9.03. The molecule has 5 rings (SSSR count). The summed E-state index contributed by atoms with van der Waals surface area (Å²) in [6.45, 7) is 2.50. The van der Waals surface area contributed by atoms with Gasteiger partial charge in [0.2, 0.25) is 23.7 Å². The van der Waals surface area contributed by atoms with E-state index in [1.807, 2.05) is 0 Å². The van der Waals surface area contributed by atoms with Crippen molar-refractivity contribution in [1.82, 2.24) is 24.1 Å². The molecule has 334 valence electrons. The fourth-order valence-corrected chi connectivity index (χ4v) is 5.95. The van der Waals surface area contributed by atoms with Gasteiger partial charge in [0.05, 0.1) is 22.3 Å². The van der Waals surface area contributed by atoms with Crippen LogP contribution in [0.3, 0.4) is 0 Å². The highest BCUT2D eigenvalue weighted by atomic mass is 16.4. The van der Waals surface area contributed by atoms with Crippen molar-refractivity contribution in [1.29, 1.82) is 0 Å². The van der Waals surface area contributed by atoms with E-state index in [9.17, 15) is 73.8 Å². The number of amides is 2. The molecule has 3 aromatic heterocycles. The number of aromatic carboxylic acids is 4. The Morgan fingerprint density at radius 2 is 1.17 bits per heavy atom. The molecule has 0 radical (unpaired) electrons. The number of carbonyl (C=O) groups excluding carboxylic acids is 2. The van der Waals surface area contributed by atoms with Crippen LogP contribution in [-0.2, 0) is 6.54 Å². The molecule has 28 heteroatoms. The van der Waals surface area contributed by atoms with E-state index < -0.39 is 140 Å². The number of hydrogen-bond donors (Lipinski definition) is 10. The number of H-pyrrole nitrogens is 1. The van der Waals surface area contributed by atoms with Crippen LogP contribution in [0.15, 0.2) is 76.2 Å². The van der Waals surface area contributed by atoms with Crippen LogP contribution in [0, 0.1) is 13.8 Å². The van der Waals surface area contributed by atoms with Gasteiger partial charge in [0.1, 0.15) is 28.3 Å². The maximum Gasteiger partial charge on any atom is 0.351 e. The predicted octanol–water partition coefficient (Wildman–Crippen LogP) is 2.05. The first-order chi connectivity index (χ1) is 30.5. The van der Waals surface area contributed by atoms with E-state index >= 15 is 0 Å². The first-order valence-electron chi connectivity index (χ1n) is 17.9. The lowest BCUT2D eigenvalue weighted by Crippen LogP contribution is -2.29. The molecule has 0 aliphatic heterocycles. The van der Waals surface area contributed by atoms with Crippen molar-refractivity contribution in [3.8, 4) is 11.8 Å². The second-order valence-corrected chi connectivity index (χ2v) is 13.1. The number of carboxylic acid groups (broad SMARTS) is 4. The van der Waals surface area contributed by atoms with E-state index in [1.54, 1.807) is 0 Å². The molecule has 65 heavy (non-hydrogen) atoms. The van der Waals surface area contributed by atoms with Crippen molar-refractivity contribution in [2.75, 3.05) is 11.9 Å². The molecule has 0 unspecified atom stereocenters. The summed E-state index contributed by atoms with van der Waals surface area (Å²) >= 11 is 0. The summed E-state index contributed by atoms with van der Waals surface area (Å²) in [7, 11) is 0. The van der Waals surface area contributed by atoms with Gasteiger partial charge in [0.15, 0.2) is 11.4 Å². The lowest BCUT2D eigenvalue weighted by molar-refractivity contribution is 0.0682. The molecule has 2 amide bonds. The molecule has 0 spiro atoms. The number of primary amides is 2. The predicted molar refractivity (Wildman–Crippen MR) is 220 cm³/mol. The Hall–Kier alpha value is -9.76. The summed E-state index contributed by atoms with van der Waals surface area (Å²) in [5.41, 5.74) is 1.67. The van der Waals surface area contributed by atoms with Crippen LogP contribution in [0.5, 0.6) is 11.8 Å². The summed E-state index contributed by atoms with van der Waals surface area (Å²) in [4.78, 5) is 125. The minimum Gasteiger partial charge on any atom is -0.494 e. The topological polar surface area (TPSA) is 452 Å². The maximum absolute atomic E-state index is 13.8. The summed E-state index contributed by atoms with van der Waals surface area (Å²) < 4.78 is 1.03. The fourth-order valence-electron chi connectivity index (χ4n) is 5.95. The molecule has 0 atom stereocenters. The number of benzene rings is 2. The molecule has 0 bridgehead atoms. The molecular formula is C37H31N13O15. The van der Waals surface area contributed by atoms with Gasteiger partial charge in [-0.05, 0) is 57.2 Å². The molecule has 0 aliphatic carbocycles. The zero-order chi connectivity index (χ0) is 48.2. The van der Waals surface area contributed by atoms with Crippen molar-refractivity contribution in [2.24, 2.45) is 36.9 Å². The quantitative estimate of drug-likeness (QED) is 0.0408. The Kier molecular flexibility index (Phi) is 13.2. The number of aliphatic imine (C=N–C) groups is 1. The smallest absolute Gasteiger partial charge is 0.351 e.